The Bertz CT molecular complexity index is 1130. The SMILES string of the molecule is O=C(c1ccc(C(F)(F)F)cc1)N1CCC(N(C(=O)CCl)c2ccc3ncsc3c2)CC1. The van der Waals surface area contributed by atoms with Crippen LogP contribution in [0, 0.1) is 0 Å². The minimum absolute atomic E-state index is 0.136. The van der Waals surface area contributed by atoms with Crippen LogP contribution in [0.4, 0.5) is 18.9 Å². The number of hydrogen-bond donors (Lipinski definition) is 0. The first-order chi connectivity index (χ1) is 15.3. The standard InChI is InChI=1S/C22H19ClF3N3O2S/c23-12-20(30)29(17-5-6-18-19(11-17)32-13-27-18)16-7-9-28(10-8-16)21(31)14-1-3-15(4-2-14)22(24,25)26/h1-6,11,13,16H,7-10,12H2. The number of rotatable bonds is 4. The average molecular weight is 482 g/mol. The van der Waals surface area contributed by atoms with Crippen LogP contribution in [0.1, 0.15) is 28.8 Å². The fraction of sp³-hybridized carbons (Fsp3) is 0.318. The van der Waals surface area contributed by atoms with E-state index in [2.05, 4.69) is 4.98 Å². The molecule has 2 aromatic carbocycles. The highest BCUT2D eigenvalue weighted by molar-refractivity contribution is 7.16. The zero-order chi connectivity index (χ0) is 22.9. The molecule has 4 rings (SSSR count). The van der Waals surface area contributed by atoms with Gasteiger partial charge in [0.25, 0.3) is 5.91 Å². The molecule has 0 spiro atoms. The molecule has 0 N–H and O–H groups in total. The third-order valence-corrected chi connectivity index (χ3v) is 6.57. The predicted octanol–water partition coefficient (Wildman–Crippen LogP) is 5.19. The summed E-state index contributed by atoms with van der Waals surface area (Å²) in [5.41, 5.74) is 2.75. The Kier molecular flexibility index (Phi) is 6.39. The van der Waals surface area contributed by atoms with Crippen LogP contribution in [-0.4, -0.2) is 46.7 Å². The van der Waals surface area contributed by atoms with Crippen molar-refractivity contribution in [3.05, 3.63) is 59.1 Å². The van der Waals surface area contributed by atoms with Crippen molar-refractivity contribution in [2.45, 2.75) is 25.1 Å². The number of halogens is 4. The molecule has 32 heavy (non-hydrogen) atoms. The van der Waals surface area contributed by atoms with Crippen molar-refractivity contribution in [3.63, 3.8) is 0 Å². The van der Waals surface area contributed by atoms with E-state index in [1.807, 2.05) is 18.2 Å². The summed E-state index contributed by atoms with van der Waals surface area (Å²) in [4.78, 5) is 32.9. The van der Waals surface area contributed by atoms with Gasteiger partial charge in [-0.05, 0) is 55.3 Å². The predicted molar refractivity (Wildman–Crippen MR) is 118 cm³/mol. The Morgan fingerprint density at radius 2 is 1.81 bits per heavy atom. The second kappa shape index (κ2) is 9.07. The van der Waals surface area contributed by atoms with E-state index in [1.54, 1.807) is 15.3 Å². The lowest BCUT2D eigenvalue weighted by molar-refractivity contribution is -0.137. The fourth-order valence-corrected chi connectivity index (χ4v) is 4.77. The zero-order valence-electron chi connectivity index (χ0n) is 16.8. The van der Waals surface area contributed by atoms with Gasteiger partial charge in [0.2, 0.25) is 5.91 Å². The molecule has 10 heteroatoms. The van der Waals surface area contributed by atoms with Crippen LogP contribution in [-0.2, 0) is 11.0 Å². The number of aromatic nitrogens is 1. The minimum Gasteiger partial charge on any atom is -0.338 e. The van der Waals surface area contributed by atoms with Gasteiger partial charge in [-0.2, -0.15) is 13.2 Å². The Labute approximate surface area is 191 Å². The topological polar surface area (TPSA) is 53.5 Å². The molecule has 168 valence electrons. The second-order valence-corrected chi connectivity index (χ2v) is 8.65. The van der Waals surface area contributed by atoms with Gasteiger partial charge < -0.3 is 9.80 Å². The maximum absolute atomic E-state index is 12.8. The van der Waals surface area contributed by atoms with Gasteiger partial charge in [0.1, 0.15) is 5.88 Å². The Morgan fingerprint density at radius 1 is 1.12 bits per heavy atom. The normalized spacial score (nSPS) is 15.2. The van der Waals surface area contributed by atoms with Gasteiger partial charge in [-0.15, -0.1) is 22.9 Å². The summed E-state index contributed by atoms with van der Waals surface area (Å²) in [7, 11) is 0. The molecule has 2 heterocycles. The summed E-state index contributed by atoms with van der Waals surface area (Å²) in [6, 6.07) is 9.70. The number of anilines is 1. The monoisotopic (exact) mass is 481 g/mol. The van der Waals surface area contributed by atoms with Crippen molar-refractivity contribution < 1.29 is 22.8 Å². The van der Waals surface area contributed by atoms with E-state index in [0.717, 1.165) is 28.0 Å². The number of benzene rings is 2. The van der Waals surface area contributed by atoms with Crippen LogP contribution in [0.2, 0.25) is 0 Å². The highest BCUT2D eigenvalue weighted by Gasteiger charge is 2.32. The van der Waals surface area contributed by atoms with Crippen molar-refractivity contribution in [2.24, 2.45) is 0 Å². The Hall–Kier alpha value is -2.65. The molecule has 2 amide bonds. The van der Waals surface area contributed by atoms with Crippen LogP contribution in [0.3, 0.4) is 0 Å². The number of carbonyl (C=O) groups is 2. The van der Waals surface area contributed by atoms with Crippen LogP contribution >= 0.6 is 22.9 Å². The van der Waals surface area contributed by atoms with Gasteiger partial charge in [0.05, 0.1) is 21.3 Å². The van der Waals surface area contributed by atoms with Crippen LogP contribution in [0.15, 0.2) is 48.0 Å². The number of alkyl halides is 4. The highest BCUT2D eigenvalue weighted by Crippen LogP contribution is 2.31. The molecule has 0 atom stereocenters. The van der Waals surface area contributed by atoms with E-state index in [4.69, 9.17) is 11.6 Å². The Morgan fingerprint density at radius 3 is 2.44 bits per heavy atom. The van der Waals surface area contributed by atoms with Gasteiger partial charge >= 0.3 is 6.18 Å². The summed E-state index contributed by atoms with van der Waals surface area (Å²) in [6.07, 6.45) is -3.37. The molecule has 0 bridgehead atoms. The summed E-state index contributed by atoms with van der Waals surface area (Å²) < 4.78 is 39.2. The molecular formula is C22H19ClF3N3O2S. The van der Waals surface area contributed by atoms with E-state index >= 15 is 0 Å². The highest BCUT2D eigenvalue weighted by atomic mass is 35.5. The molecule has 1 aliphatic heterocycles. The van der Waals surface area contributed by atoms with E-state index < -0.39 is 11.7 Å². The van der Waals surface area contributed by atoms with Gasteiger partial charge in [-0.1, -0.05) is 0 Å². The van der Waals surface area contributed by atoms with Crippen molar-refractivity contribution in [1.29, 1.82) is 0 Å². The van der Waals surface area contributed by atoms with Gasteiger partial charge in [0, 0.05) is 30.4 Å². The van der Waals surface area contributed by atoms with Crippen LogP contribution in [0.5, 0.6) is 0 Å². The quantitative estimate of drug-likeness (QED) is 0.482. The summed E-state index contributed by atoms with van der Waals surface area (Å²) in [5, 5.41) is 0. The number of thiazole rings is 1. The molecule has 3 aromatic rings. The lowest BCUT2D eigenvalue weighted by atomic mass is 10.0. The van der Waals surface area contributed by atoms with Crippen molar-refractivity contribution in [3.8, 4) is 0 Å². The molecule has 0 saturated carbocycles. The first-order valence-corrected chi connectivity index (χ1v) is 11.4. The van der Waals surface area contributed by atoms with Gasteiger partial charge in [-0.25, -0.2) is 4.98 Å². The number of fused-ring (bicyclic) bond motifs is 1. The van der Waals surface area contributed by atoms with Crippen LogP contribution in [0.25, 0.3) is 10.2 Å². The lowest BCUT2D eigenvalue weighted by Crippen LogP contribution is -2.49. The Balaban J connectivity index is 1.47. The first-order valence-electron chi connectivity index (χ1n) is 9.96. The van der Waals surface area contributed by atoms with E-state index in [9.17, 15) is 22.8 Å². The van der Waals surface area contributed by atoms with Gasteiger partial charge in [-0.3, -0.25) is 9.59 Å². The summed E-state index contributed by atoms with van der Waals surface area (Å²) in [6.45, 7) is 0.777. The average Bonchev–Trinajstić information content (AvgIpc) is 3.26. The molecule has 1 aromatic heterocycles. The molecule has 1 aliphatic rings. The lowest BCUT2D eigenvalue weighted by Gasteiger charge is -2.38. The zero-order valence-corrected chi connectivity index (χ0v) is 18.4. The number of amides is 2. The fourth-order valence-electron chi connectivity index (χ4n) is 3.93. The molecule has 0 unspecified atom stereocenters. The molecular weight excluding hydrogens is 463 g/mol. The smallest absolute Gasteiger partial charge is 0.338 e. The van der Waals surface area contributed by atoms with Gasteiger partial charge in [0.15, 0.2) is 0 Å². The van der Waals surface area contributed by atoms with Crippen LogP contribution < -0.4 is 4.90 Å². The molecule has 1 saturated heterocycles. The maximum atomic E-state index is 12.8. The number of likely N-dealkylation sites (tertiary alicyclic amines) is 1. The summed E-state index contributed by atoms with van der Waals surface area (Å²) >= 11 is 7.36. The number of carbonyl (C=O) groups excluding carboxylic acids is 2. The van der Waals surface area contributed by atoms with E-state index in [-0.39, 0.29) is 29.3 Å². The molecule has 1 fully saturated rings. The molecule has 0 radical (unpaired) electrons. The largest absolute Gasteiger partial charge is 0.416 e. The third-order valence-electron chi connectivity index (χ3n) is 5.55. The maximum Gasteiger partial charge on any atom is 0.416 e. The van der Waals surface area contributed by atoms with E-state index in [0.29, 0.717) is 25.9 Å². The van der Waals surface area contributed by atoms with Crippen molar-refractivity contribution >= 4 is 50.7 Å². The number of hydrogen-bond acceptors (Lipinski definition) is 4. The third kappa shape index (κ3) is 4.59. The van der Waals surface area contributed by atoms with Crippen molar-refractivity contribution in [1.82, 2.24) is 9.88 Å². The number of nitrogens with zero attached hydrogens (tertiary/aromatic N) is 3. The molecule has 0 aliphatic carbocycles. The van der Waals surface area contributed by atoms with Crippen molar-refractivity contribution in [2.75, 3.05) is 23.9 Å². The number of piperidine rings is 1. The minimum atomic E-state index is -4.44. The van der Waals surface area contributed by atoms with E-state index in [1.165, 1.54) is 23.5 Å². The second-order valence-electron chi connectivity index (χ2n) is 7.50. The molecule has 5 nitrogen and oxygen atoms in total. The summed E-state index contributed by atoms with van der Waals surface area (Å²) in [5.74, 6) is -0.702. The first kappa shape index (κ1) is 22.5.